The van der Waals surface area contributed by atoms with Gasteiger partial charge >= 0.3 is 0 Å². The number of carbonyl (C=O) groups is 1. The van der Waals surface area contributed by atoms with Crippen LogP contribution in [0.1, 0.15) is 118 Å². The summed E-state index contributed by atoms with van der Waals surface area (Å²) in [6.07, 6.45) is 14.9. The highest BCUT2D eigenvalue weighted by Crippen LogP contribution is 2.38. The Kier molecular flexibility index (Phi) is 16.9. The van der Waals surface area contributed by atoms with E-state index < -0.39 is 0 Å². The first-order chi connectivity index (χ1) is 17.5. The van der Waals surface area contributed by atoms with Gasteiger partial charge in [-0.2, -0.15) is 0 Å². The van der Waals surface area contributed by atoms with Crippen LogP contribution in [0, 0.1) is 0 Å². The van der Waals surface area contributed by atoms with Gasteiger partial charge in [0.1, 0.15) is 11.5 Å². The molecule has 204 valence electrons. The minimum absolute atomic E-state index is 0.243. The van der Waals surface area contributed by atoms with Crippen molar-refractivity contribution in [2.45, 2.75) is 118 Å². The first kappa shape index (κ1) is 31.9. The van der Waals surface area contributed by atoms with Crippen LogP contribution in [0.3, 0.4) is 0 Å². The molecule has 5 heteroatoms. The van der Waals surface area contributed by atoms with Gasteiger partial charge < -0.3 is 10.1 Å². The molecular weight excluding hydrogens is 446 g/mol. The second-order valence-electron chi connectivity index (χ2n) is 9.62. The van der Waals surface area contributed by atoms with Crippen LogP contribution in [0.4, 0.5) is 5.69 Å². The van der Waals surface area contributed by atoms with Crippen LogP contribution < -0.4 is 10.1 Å². The van der Waals surface area contributed by atoms with Crippen molar-refractivity contribution < 1.29 is 9.53 Å². The highest BCUT2D eigenvalue weighted by molar-refractivity contribution is 5.88. The number of fused-ring (bicyclic) bond motifs is 1. The number of anilines is 1. The summed E-state index contributed by atoms with van der Waals surface area (Å²) in [6.45, 7) is 16.5. The van der Waals surface area contributed by atoms with Gasteiger partial charge in [-0.25, -0.2) is 0 Å². The summed E-state index contributed by atoms with van der Waals surface area (Å²) in [5, 5.41) is 3.22. The zero-order valence-corrected chi connectivity index (χ0v) is 24.2. The van der Waals surface area contributed by atoms with Gasteiger partial charge in [0.05, 0.1) is 12.2 Å². The molecule has 0 bridgehead atoms. The molecule has 3 heterocycles. The highest BCUT2D eigenvalue weighted by atomic mass is 16.5. The highest BCUT2D eigenvalue weighted by Gasteiger charge is 2.33. The third kappa shape index (κ3) is 11.3. The molecule has 1 aromatic rings. The molecule has 0 saturated carbocycles. The second-order valence-corrected chi connectivity index (χ2v) is 9.62. The van der Waals surface area contributed by atoms with Crippen LogP contribution in [-0.4, -0.2) is 42.3 Å². The van der Waals surface area contributed by atoms with E-state index in [9.17, 15) is 4.79 Å². The molecule has 0 amide bonds. The third-order valence-corrected chi connectivity index (χ3v) is 6.61. The fraction of sp³-hybridized carbons (Fsp3) is 0.677. The molecule has 1 N–H and O–H groups in total. The standard InChI is InChI=1S/C20H25N3O2.C5H12.C4H10.C2H6/c1-14(24)11-23-12-16(9-18(23)6-5-17-3-2-8-21-17)15-4-7-19-20(10-15)25-13-22-19;1-3-5-4-2;1-3-4-2;1-2/h2,4,7-8,10,16,18,22H,3,5-6,9,11-13H2,1H3;3-5H2,1-2H3;3-4H2,1-2H3;1-2H3. The van der Waals surface area contributed by atoms with E-state index in [1.54, 1.807) is 6.92 Å². The van der Waals surface area contributed by atoms with Crippen LogP contribution in [0.2, 0.25) is 0 Å². The predicted molar refractivity (Wildman–Crippen MR) is 157 cm³/mol. The van der Waals surface area contributed by atoms with E-state index in [2.05, 4.69) is 67.2 Å². The maximum absolute atomic E-state index is 11.7. The van der Waals surface area contributed by atoms with E-state index in [0.29, 0.717) is 25.2 Å². The fourth-order valence-electron chi connectivity index (χ4n) is 4.51. The summed E-state index contributed by atoms with van der Waals surface area (Å²) < 4.78 is 5.63. The number of carbonyl (C=O) groups excluding carboxylic acids is 1. The van der Waals surface area contributed by atoms with Crippen LogP contribution >= 0.6 is 0 Å². The molecule has 2 atom stereocenters. The summed E-state index contributed by atoms with van der Waals surface area (Å²) in [5.41, 5.74) is 3.66. The smallest absolute Gasteiger partial charge is 0.159 e. The lowest BCUT2D eigenvalue weighted by Gasteiger charge is -2.23. The number of rotatable bonds is 9. The lowest BCUT2D eigenvalue weighted by Crippen LogP contribution is -2.34. The number of benzene rings is 1. The van der Waals surface area contributed by atoms with E-state index in [1.807, 2.05) is 20.0 Å². The van der Waals surface area contributed by atoms with Gasteiger partial charge in [0, 0.05) is 30.9 Å². The lowest BCUT2D eigenvalue weighted by atomic mass is 9.94. The Morgan fingerprint density at radius 2 is 1.83 bits per heavy atom. The Labute approximate surface area is 221 Å². The fourth-order valence-corrected chi connectivity index (χ4v) is 4.51. The summed E-state index contributed by atoms with van der Waals surface area (Å²) in [6, 6.07) is 6.92. The molecule has 1 saturated heterocycles. The van der Waals surface area contributed by atoms with Crippen LogP contribution in [0.25, 0.3) is 0 Å². The van der Waals surface area contributed by atoms with Gasteiger partial charge in [-0.3, -0.25) is 14.7 Å². The maximum Gasteiger partial charge on any atom is 0.159 e. The Morgan fingerprint density at radius 1 is 1.11 bits per heavy atom. The summed E-state index contributed by atoms with van der Waals surface area (Å²) in [7, 11) is 0. The number of aliphatic imine (C=N–C) groups is 1. The molecule has 0 spiro atoms. The van der Waals surface area contributed by atoms with Gasteiger partial charge in [-0.1, -0.05) is 85.8 Å². The molecule has 0 aliphatic carbocycles. The largest absolute Gasteiger partial charge is 0.471 e. The van der Waals surface area contributed by atoms with Gasteiger partial charge in [0.2, 0.25) is 0 Å². The third-order valence-electron chi connectivity index (χ3n) is 6.61. The van der Waals surface area contributed by atoms with Crippen molar-refractivity contribution in [1.29, 1.82) is 0 Å². The van der Waals surface area contributed by atoms with Gasteiger partial charge in [0.25, 0.3) is 0 Å². The van der Waals surface area contributed by atoms with E-state index in [4.69, 9.17) is 4.74 Å². The topological polar surface area (TPSA) is 53.9 Å². The number of unbranched alkanes of at least 4 members (excludes halogenated alkanes) is 3. The number of Topliss-reactive ketones (excluding diaryl/α,β-unsaturated/α-hetero) is 1. The molecule has 0 aromatic heterocycles. The molecule has 36 heavy (non-hydrogen) atoms. The molecule has 3 aliphatic rings. The van der Waals surface area contributed by atoms with Crippen molar-refractivity contribution in [2.24, 2.45) is 4.99 Å². The van der Waals surface area contributed by atoms with Crippen molar-refractivity contribution in [2.75, 3.05) is 25.1 Å². The van der Waals surface area contributed by atoms with Crippen LogP contribution in [0.15, 0.2) is 35.5 Å². The number of hydrogen-bond acceptors (Lipinski definition) is 5. The zero-order valence-electron chi connectivity index (χ0n) is 24.2. The number of likely N-dealkylation sites (tertiary alicyclic amines) is 1. The molecule has 5 nitrogen and oxygen atoms in total. The number of hydrogen-bond donors (Lipinski definition) is 1. The maximum atomic E-state index is 11.7. The minimum atomic E-state index is 0.243. The predicted octanol–water partition coefficient (Wildman–Crippen LogP) is 8.36. The minimum Gasteiger partial charge on any atom is -0.471 e. The Morgan fingerprint density at radius 3 is 2.39 bits per heavy atom. The Bertz CT molecular complexity index is 799. The molecule has 2 unspecified atom stereocenters. The normalized spacial score (nSPS) is 19.4. The Hall–Kier alpha value is -2.14. The number of ketones is 1. The SMILES string of the molecule is CC.CC(=O)CN1CC(c2ccc3c(c2)OCN3)CC1CCC1=NC=CC1.CCCC.CCCCC. The monoisotopic (exact) mass is 499 g/mol. The number of ether oxygens (including phenoxy) is 1. The van der Waals surface area contributed by atoms with Crippen molar-refractivity contribution in [3.8, 4) is 5.75 Å². The van der Waals surface area contributed by atoms with E-state index in [0.717, 1.165) is 43.7 Å². The first-order valence-electron chi connectivity index (χ1n) is 14.5. The number of nitrogens with one attached hydrogen (secondary N) is 1. The van der Waals surface area contributed by atoms with Crippen molar-refractivity contribution in [3.63, 3.8) is 0 Å². The van der Waals surface area contributed by atoms with E-state index >= 15 is 0 Å². The summed E-state index contributed by atoms with van der Waals surface area (Å²) in [5.74, 6) is 1.65. The average molecular weight is 500 g/mol. The van der Waals surface area contributed by atoms with Gasteiger partial charge in [-0.15, -0.1) is 0 Å². The number of allylic oxidation sites excluding steroid dienone is 1. The Balaban J connectivity index is 0.000000504. The molecule has 1 aromatic carbocycles. The average Bonchev–Trinajstić information content (AvgIpc) is 3.65. The number of nitrogens with zero attached hydrogens (tertiary/aromatic N) is 2. The molecule has 3 aliphatic heterocycles. The summed E-state index contributed by atoms with van der Waals surface area (Å²) in [4.78, 5) is 18.5. The first-order valence-corrected chi connectivity index (χ1v) is 14.5. The van der Waals surface area contributed by atoms with Crippen LogP contribution in [-0.2, 0) is 4.79 Å². The van der Waals surface area contributed by atoms with E-state index in [-0.39, 0.29) is 5.78 Å². The van der Waals surface area contributed by atoms with Gasteiger partial charge in [0.15, 0.2) is 6.73 Å². The quantitative estimate of drug-likeness (QED) is 0.371. The molecule has 4 rings (SSSR count). The lowest BCUT2D eigenvalue weighted by molar-refractivity contribution is -0.118. The molecule has 1 fully saturated rings. The molecule has 0 radical (unpaired) electrons. The van der Waals surface area contributed by atoms with Crippen molar-refractivity contribution >= 4 is 17.2 Å². The van der Waals surface area contributed by atoms with Crippen molar-refractivity contribution in [3.05, 3.63) is 36.0 Å². The molecular formula is C31H53N3O2. The van der Waals surface area contributed by atoms with E-state index in [1.165, 1.54) is 43.4 Å². The van der Waals surface area contributed by atoms with Crippen molar-refractivity contribution in [1.82, 2.24) is 4.90 Å². The van der Waals surface area contributed by atoms with Crippen LogP contribution in [0.5, 0.6) is 5.75 Å². The summed E-state index contributed by atoms with van der Waals surface area (Å²) >= 11 is 0. The zero-order chi connectivity index (χ0) is 26.8. The van der Waals surface area contributed by atoms with Gasteiger partial charge in [-0.05, 0) is 49.8 Å². The second kappa shape index (κ2) is 19.0.